The summed E-state index contributed by atoms with van der Waals surface area (Å²) in [4.78, 5) is 4.12. The molecule has 2 heterocycles. The molecule has 116 valence electrons. The zero-order valence-corrected chi connectivity index (χ0v) is 13.1. The van der Waals surface area contributed by atoms with Crippen molar-refractivity contribution in [2.24, 2.45) is 7.05 Å². The number of aromatic amines is 1. The fourth-order valence-corrected chi connectivity index (χ4v) is 2.85. The fraction of sp³-hybridized carbons (Fsp3) is 0.500. The van der Waals surface area contributed by atoms with E-state index in [0.717, 1.165) is 5.69 Å². The normalized spacial score (nSPS) is 12.2. The smallest absolute Gasteiger partial charge is 0.242 e. The number of aryl methyl sites for hydroxylation is 1. The third-order valence-electron chi connectivity index (χ3n) is 2.98. The lowest BCUT2D eigenvalue weighted by atomic mass is 10.3. The minimum atomic E-state index is -3.56. The average Bonchev–Trinajstić information content (AvgIpc) is 3.04. The molecule has 8 nitrogen and oxygen atoms in total. The van der Waals surface area contributed by atoms with E-state index in [-0.39, 0.29) is 11.4 Å². The first-order chi connectivity index (χ1) is 9.88. The summed E-state index contributed by atoms with van der Waals surface area (Å²) in [5.74, 6) is 0.469. The number of H-pyrrole nitrogens is 1. The van der Waals surface area contributed by atoms with Crippen LogP contribution >= 0.6 is 0 Å². The van der Waals surface area contributed by atoms with Gasteiger partial charge in [-0.15, -0.1) is 0 Å². The van der Waals surface area contributed by atoms with Gasteiger partial charge in [0, 0.05) is 31.5 Å². The lowest BCUT2D eigenvalue weighted by Crippen LogP contribution is -2.23. The summed E-state index contributed by atoms with van der Waals surface area (Å²) in [7, 11) is -1.74. The number of aromatic nitrogens is 4. The van der Waals surface area contributed by atoms with Gasteiger partial charge in [-0.2, -0.15) is 5.10 Å². The maximum atomic E-state index is 12.2. The van der Waals surface area contributed by atoms with E-state index in [1.165, 1.54) is 6.33 Å². The second-order valence-corrected chi connectivity index (χ2v) is 6.84. The summed E-state index contributed by atoms with van der Waals surface area (Å²) < 4.78 is 28.7. The first-order valence-electron chi connectivity index (χ1n) is 6.61. The van der Waals surface area contributed by atoms with Gasteiger partial charge in [0.2, 0.25) is 10.0 Å². The fourth-order valence-electron chi connectivity index (χ4n) is 1.77. The maximum absolute atomic E-state index is 12.2. The minimum absolute atomic E-state index is 0.0802. The molecule has 2 aromatic heterocycles. The highest BCUT2D eigenvalue weighted by Crippen LogP contribution is 2.13. The van der Waals surface area contributed by atoms with Crippen molar-refractivity contribution < 1.29 is 8.42 Å². The molecule has 0 aliphatic rings. The molecular weight excluding hydrogens is 292 g/mol. The molecule has 0 aromatic carbocycles. The van der Waals surface area contributed by atoms with Crippen LogP contribution in [0.4, 0.5) is 0 Å². The molecule has 0 atom stereocenters. The minimum Gasteiger partial charge on any atom is -0.352 e. The number of nitrogens with zero attached hydrogens (tertiary/aromatic N) is 3. The Morgan fingerprint density at radius 2 is 2.14 bits per heavy atom. The molecule has 0 saturated carbocycles. The monoisotopic (exact) mass is 312 g/mol. The standard InChI is InChI=1S/C12H20N6O2S/c1-9(2)13-5-10-4-11(7-18(10)3)21(19,20)16-6-12-14-8-15-17-12/h4,7-9,13,16H,5-6H2,1-3H3,(H,14,15,17). The molecule has 0 amide bonds. The van der Waals surface area contributed by atoms with Crippen molar-refractivity contribution in [2.45, 2.75) is 37.9 Å². The Kier molecular flexibility index (Phi) is 4.76. The van der Waals surface area contributed by atoms with Gasteiger partial charge in [-0.05, 0) is 6.07 Å². The van der Waals surface area contributed by atoms with Gasteiger partial charge in [0.1, 0.15) is 12.2 Å². The van der Waals surface area contributed by atoms with Gasteiger partial charge >= 0.3 is 0 Å². The van der Waals surface area contributed by atoms with Gasteiger partial charge < -0.3 is 9.88 Å². The Morgan fingerprint density at radius 3 is 2.76 bits per heavy atom. The van der Waals surface area contributed by atoms with Gasteiger partial charge in [-0.25, -0.2) is 18.1 Å². The summed E-state index contributed by atoms with van der Waals surface area (Å²) in [6.07, 6.45) is 2.93. The Balaban J connectivity index is 2.07. The SMILES string of the molecule is CC(C)NCc1cc(S(=O)(=O)NCc2ncn[nH]2)cn1C. The van der Waals surface area contributed by atoms with Crippen molar-refractivity contribution in [1.82, 2.24) is 29.8 Å². The highest BCUT2D eigenvalue weighted by molar-refractivity contribution is 7.89. The summed E-state index contributed by atoms with van der Waals surface area (Å²) >= 11 is 0. The molecule has 0 aliphatic carbocycles. The maximum Gasteiger partial charge on any atom is 0.242 e. The van der Waals surface area contributed by atoms with Crippen molar-refractivity contribution >= 4 is 10.0 Å². The number of hydrogen-bond acceptors (Lipinski definition) is 5. The van der Waals surface area contributed by atoms with Crippen molar-refractivity contribution in [1.29, 1.82) is 0 Å². The van der Waals surface area contributed by atoms with Crippen LogP contribution in [0, 0.1) is 0 Å². The van der Waals surface area contributed by atoms with Crippen LogP contribution < -0.4 is 10.0 Å². The molecule has 0 saturated heterocycles. The molecule has 3 N–H and O–H groups in total. The lowest BCUT2D eigenvalue weighted by molar-refractivity contribution is 0.571. The highest BCUT2D eigenvalue weighted by atomic mass is 32.2. The van der Waals surface area contributed by atoms with Crippen LogP contribution in [0.1, 0.15) is 25.4 Å². The first-order valence-corrected chi connectivity index (χ1v) is 8.09. The highest BCUT2D eigenvalue weighted by Gasteiger charge is 2.17. The molecule has 0 spiro atoms. The second-order valence-electron chi connectivity index (χ2n) is 5.07. The molecule has 0 unspecified atom stereocenters. The zero-order chi connectivity index (χ0) is 15.5. The van der Waals surface area contributed by atoms with E-state index in [1.54, 1.807) is 16.8 Å². The molecular formula is C12H20N6O2S. The molecule has 21 heavy (non-hydrogen) atoms. The van der Waals surface area contributed by atoms with E-state index in [4.69, 9.17) is 0 Å². The summed E-state index contributed by atoms with van der Waals surface area (Å²) in [5, 5.41) is 9.54. The Morgan fingerprint density at radius 1 is 1.38 bits per heavy atom. The molecule has 2 rings (SSSR count). The van der Waals surface area contributed by atoms with Crippen LogP contribution in [0.3, 0.4) is 0 Å². The summed E-state index contributed by atoms with van der Waals surface area (Å²) in [5.41, 5.74) is 0.906. The average molecular weight is 312 g/mol. The second kappa shape index (κ2) is 6.37. The van der Waals surface area contributed by atoms with Crippen LogP contribution in [0.2, 0.25) is 0 Å². The number of rotatable bonds is 7. The Bertz CT molecular complexity index is 675. The van der Waals surface area contributed by atoms with E-state index >= 15 is 0 Å². The van der Waals surface area contributed by atoms with Gasteiger partial charge in [-0.1, -0.05) is 13.8 Å². The van der Waals surface area contributed by atoms with E-state index in [0.29, 0.717) is 18.4 Å². The number of hydrogen-bond donors (Lipinski definition) is 3. The topological polar surface area (TPSA) is 105 Å². The summed E-state index contributed by atoms with van der Waals surface area (Å²) in [6, 6.07) is 2.00. The van der Waals surface area contributed by atoms with Gasteiger partial charge in [0.05, 0.1) is 11.4 Å². The predicted molar refractivity (Wildman–Crippen MR) is 77.8 cm³/mol. The Labute approximate surface area is 124 Å². The Hall–Kier alpha value is -1.71. The van der Waals surface area contributed by atoms with Crippen molar-refractivity contribution in [3.05, 3.63) is 30.1 Å². The largest absolute Gasteiger partial charge is 0.352 e. The van der Waals surface area contributed by atoms with Crippen molar-refractivity contribution in [3.63, 3.8) is 0 Å². The van der Waals surface area contributed by atoms with Gasteiger partial charge in [-0.3, -0.25) is 5.10 Å². The van der Waals surface area contributed by atoms with Crippen molar-refractivity contribution in [3.8, 4) is 0 Å². The van der Waals surface area contributed by atoms with Crippen molar-refractivity contribution in [2.75, 3.05) is 0 Å². The van der Waals surface area contributed by atoms with Gasteiger partial charge in [0.15, 0.2) is 0 Å². The van der Waals surface area contributed by atoms with E-state index < -0.39 is 10.0 Å². The lowest BCUT2D eigenvalue weighted by Gasteiger charge is -2.08. The van der Waals surface area contributed by atoms with E-state index in [2.05, 4.69) is 25.2 Å². The van der Waals surface area contributed by atoms with Crippen LogP contribution in [-0.4, -0.2) is 34.2 Å². The van der Waals surface area contributed by atoms with Crippen LogP contribution in [0.25, 0.3) is 0 Å². The molecule has 0 radical (unpaired) electrons. The number of sulfonamides is 1. The number of nitrogens with one attached hydrogen (secondary N) is 3. The van der Waals surface area contributed by atoms with Crippen LogP contribution in [0.5, 0.6) is 0 Å². The molecule has 2 aromatic rings. The van der Waals surface area contributed by atoms with Crippen LogP contribution in [0.15, 0.2) is 23.5 Å². The van der Waals surface area contributed by atoms with Gasteiger partial charge in [0.25, 0.3) is 0 Å². The third kappa shape index (κ3) is 4.13. The first kappa shape index (κ1) is 15.7. The summed E-state index contributed by atoms with van der Waals surface area (Å²) in [6.45, 7) is 4.78. The zero-order valence-electron chi connectivity index (χ0n) is 12.3. The predicted octanol–water partition coefficient (Wildman–Crippen LogP) is 0.120. The van der Waals surface area contributed by atoms with E-state index in [9.17, 15) is 8.42 Å². The molecule has 0 bridgehead atoms. The third-order valence-corrected chi connectivity index (χ3v) is 4.35. The quantitative estimate of drug-likeness (QED) is 0.673. The molecule has 0 fully saturated rings. The molecule has 9 heteroatoms. The molecule has 0 aliphatic heterocycles. The van der Waals surface area contributed by atoms with Crippen LogP contribution in [-0.2, 0) is 30.2 Å². The van der Waals surface area contributed by atoms with E-state index in [1.807, 2.05) is 20.9 Å².